The van der Waals surface area contributed by atoms with Gasteiger partial charge in [0.15, 0.2) is 0 Å². The largest absolute Gasteiger partial charge is 0.392 e. The van der Waals surface area contributed by atoms with Crippen molar-refractivity contribution in [3.05, 3.63) is 81.4 Å². The number of benzene rings is 1. The van der Waals surface area contributed by atoms with Gasteiger partial charge in [0.2, 0.25) is 0 Å². The molecule has 3 N–H and O–H groups in total. The first kappa shape index (κ1) is 17.6. The highest BCUT2D eigenvalue weighted by Gasteiger charge is 2.24. The minimum atomic E-state index is 0.0774. The molecule has 2 heterocycles. The standard InChI is InChI=1S/C22H28N2O/c1-5-17-11-23-21(14(17)3)20(19-9-7-16(13-25)8-10-19)22-15(4)18(6-2)12-24-22/h7-12,20,23-25H,5-6,13H2,1-4H3. The molecule has 2 aromatic heterocycles. The first-order valence-electron chi connectivity index (χ1n) is 9.13. The first-order chi connectivity index (χ1) is 12.1. The average molecular weight is 336 g/mol. The number of aliphatic hydroxyl groups is 1. The number of hydrogen-bond acceptors (Lipinski definition) is 1. The lowest BCUT2D eigenvalue weighted by Gasteiger charge is -2.19. The Labute approximate surface area is 150 Å². The molecule has 0 saturated carbocycles. The van der Waals surface area contributed by atoms with Crippen molar-refractivity contribution in [2.45, 2.75) is 53.1 Å². The first-order valence-corrected chi connectivity index (χ1v) is 9.13. The van der Waals surface area contributed by atoms with Gasteiger partial charge in [-0.25, -0.2) is 0 Å². The highest BCUT2D eigenvalue weighted by atomic mass is 16.3. The molecule has 132 valence electrons. The third-order valence-electron chi connectivity index (χ3n) is 5.41. The molecule has 0 radical (unpaired) electrons. The van der Waals surface area contributed by atoms with E-state index in [1.807, 2.05) is 12.1 Å². The van der Waals surface area contributed by atoms with Gasteiger partial charge in [0.05, 0.1) is 12.5 Å². The van der Waals surface area contributed by atoms with Gasteiger partial charge in [-0.05, 0) is 60.1 Å². The summed E-state index contributed by atoms with van der Waals surface area (Å²) in [7, 11) is 0. The predicted octanol–water partition coefficient (Wildman–Crippen LogP) is 4.76. The molecule has 0 bridgehead atoms. The Morgan fingerprint density at radius 2 is 1.32 bits per heavy atom. The van der Waals surface area contributed by atoms with Gasteiger partial charge in [0.1, 0.15) is 0 Å². The van der Waals surface area contributed by atoms with Crippen molar-refractivity contribution in [1.82, 2.24) is 9.97 Å². The van der Waals surface area contributed by atoms with Gasteiger partial charge in [0.25, 0.3) is 0 Å². The van der Waals surface area contributed by atoms with Crippen LogP contribution in [0.15, 0.2) is 36.7 Å². The molecule has 0 aliphatic heterocycles. The van der Waals surface area contributed by atoms with Crippen molar-refractivity contribution in [3.63, 3.8) is 0 Å². The summed E-state index contributed by atoms with van der Waals surface area (Å²) >= 11 is 0. The van der Waals surface area contributed by atoms with Crippen molar-refractivity contribution < 1.29 is 5.11 Å². The van der Waals surface area contributed by atoms with Gasteiger partial charge in [-0.3, -0.25) is 0 Å². The molecule has 25 heavy (non-hydrogen) atoms. The van der Waals surface area contributed by atoms with E-state index in [1.165, 1.54) is 39.2 Å². The van der Waals surface area contributed by atoms with Crippen molar-refractivity contribution in [2.75, 3.05) is 0 Å². The van der Waals surface area contributed by atoms with Crippen molar-refractivity contribution in [1.29, 1.82) is 0 Å². The van der Waals surface area contributed by atoms with E-state index in [2.05, 4.69) is 62.2 Å². The maximum atomic E-state index is 9.35. The van der Waals surface area contributed by atoms with Crippen LogP contribution in [0.5, 0.6) is 0 Å². The van der Waals surface area contributed by atoms with Gasteiger partial charge in [0, 0.05) is 23.8 Å². The fourth-order valence-electron chi connectivity index (χ4n) is 3.74. The number of rotatable bonds is 6. The van der Waals surface area contributed by atoms with Crippen LogP contribution in [0.4, 0.5) is 0 Å². The Balaban J connectivity index is 2.16. The Hall–Kier alpha value is -2.26. The zero-order valence-corrected chi connectivity index (χ0v) is 15.6. The van der Waals surface area contributed by atoms with Crippen molar-refractivity contribution in [2.24, 2.45) is 0 Å². The van der Waals surface area contributed by atoms with E-state index in [0.717, 1.165) is 18.4 Å². The molecule has 0 aliphatic carbocycles. The molecule has 0 saturated heterocycles. The molecule has 1 aromatic carbocycles. The number of aromatic amines is 2. The average Bonchev–Trinajstić information content (AvgIpc) is 3.19. The lowest BCUT2D eigenvalue weighted by atomic mass is 9.87. The van der Waals surface area contributed by atoms with Crippen LogP contribution in [0.2, 0.25) is 0 Å². The van der Waals surface area contributed by atoms with Gasteiger partial charge < -0.3 is 15.1 Å². The van der Waals surface area contributed by atoms with Crippen LogP contribution in [0.1, 0.15) is 64.5 Å². The van der Waals surface area contributed by atoms with Crippen molar-refractivity contribution in [3.8, 4) is 0 Å². The Morgan fingerprint density at radius 3 is 1.68 bits per heavy atom. The fourth-order valence-corrected chi connectivity index (χ4v) is 3.74. The molecule has 3 aromatic rings. The van der Waals surface area contributed by atoms with E-state index in [-0.39, 0.29) is 12.5 Å². The fraction of sp³-hybridized carbons (Fsp3) is 0.364. The molecule has 0 amide bonds. The summed E-state index contributed by atoms with van der Waals surface area (Å²) in [5.74, 6) is 0.147. The highest BCUT2D eigenvalue weighted by Crippen LogP contribution is 2.36. The minimum absolute atomic E-state index is 0.0774. The lowest BCUT2D eigenvalue weighted by molar-refractivity contribution is 0.282. The summed E-state index contributed by atoms with van der Waals surface area (Å²) < 4.78 is 0. The second kappa shape index (κ2) is 7.32. The molecule has 0 fully saturated rings. The van der Waals surface area contributed by atoms with E-state index in [0.29, 0.717) is 0 Å². The summed E-state index contributed by atoms with van der Waals surface area (Å²) in [4.78, 5) is 7.07. The second-order valence-electron chi connectivity index (χ2n) is 6.74. The molecular formula is C22H28N2O. The summed E-state index contributed by atoms with van der Waals surface area (Å²) in [6.45, 7) is 8.88. The van der Waals surface area contributed by atoms with E-state index in [1.54, 1.807) is 0 Å². The number of H-pyrrole nitrogens is 2. The Morgan fingerprint density at radius 1 is 0.840 bits per heavy atom. The van der Waals surface area contributed by atoms with Crippen LogP contribution in [-0.2, 0) is 19.4 Å². The van der Waals surface area contributed by atoms with Gasteiger partial charge in [-0.1, -0.05) is 38.1 Å². The Bertz CT molecular complexity index is 791. The van der Waals surface area contributed by atoms with Crippen LogP contribution in [0, 0.1) is 13.8 Å². The molecule has 3 nitrogen and oxygen atoms in total. The van der Waals surface area contributed by atoms with E-state index in [4.69, 9.17) is 0 Å². The van der Waals surface area contributed by atoms with Crippen LogP contribution in [-0.4, -0.2) is 15.1 Å². The van der Waals surface area contributed by atoms with Gasteiger partial charge in [-0.2, -0.15) is 0 Å². The van der Waals surface area contributed by atoms with Gasteiger partial charge >= 0.3 is 0 Å². The summed E-state index contributed by atoms with van der Waals surface area (Å²) in [5, 5.41) is 9.35. The summed E-state index contributed by atoms with van der Waals surface area (Å²) in [6.07, 6.45) is 6.34. The maximum Gasteiger partial charge on any atom is 0.0681 e. The van der Waals surface area contributed by atoms with Crippen LogP contribution in [0.3, 0.4) is 0 Å². The minimum Gasteiger partial charge on any atom is -0.392 e. The van der Waals surface area contributed by atoms with Crippen LogP contribution >= 0.6 is 0 Å². The van der Waals surface area contributed by atoms with E-state index >= 15 is 0 Å². The predicted molar refractivity (Wildman–Crippen MR) is 103 cm³/mol. The SMILES string of the molecule is CCc1c[nH]c(C(c2ccc(CO)cc2)c2[nH]cc(CC)c2C)c1C. The number of hydrogen-bond donors (Lipinski definition) is 3. The van der Waals surface area contributed by atoms with Crippen LogP contribution in [0.25, 0.3) is 0 Å². The lowest BCUT2D eigenvalue weighted by Crippen LogP contribution is -2.08. The topological polar surface area (TPSA) is 51.8 Å². The second-order valence-corrected chi connectivity index (χ2v) is 6.74. The van der Waals surface area contributed by atoms with Crippen LogP contribution < -0.4 is 0 Å². The summed E-state index contributed by atoms with van der Waals surface area (Å²) in [6, 6.07) is 8.29. The smallest absolute Gasteiger partial charge is 0.0681 e. The maximum absolute atomic E-state index is 9.35. The molecule has 0 unspecified atom stereocenters. The molecule has 3 rings (SSSR count). The molecular weight excluding hydrogens is 308 g/mol. The van der Waals surface area contributed by atoms with Gasteiger partial charge in [-0.15, -0.1) is 0 Å². The number of aromatic nitrogens is 2. The monoisotopic (exact) mass is 336 g/mol. The molecule has 0 spiro atoms. The normalized spacial score (nSPS) is 11.4. The highest BCUT2D eigenvalue weighted by molar-refractivity contribution is 5.48. The zero-order chi connectivity index (χ0) is 18.0. The third-order valence-corrected chi connectivity index (χ3v) is 5.41. The quantitative estimate of drug-likeness (QED) is 0.597. The van der Waals surface area contributed by atoms with E-state index in [9.17, 15) is 5.11 Å². The third kappa shape index (κ3) is 3.16. The number of nitrogens with one attached hydrogen (secondary N) is 2. The Kier molecular flexibility index (Phi) is 5.14. The zero-order valence-electron chi connectivity index (χ0n) is 15.6. The van der Waals surface area contributed by atoms with E-state index < -0.39 is 0 Å². The molecule has 3 heteroatoms. The molecule has 0 atom stereocenters. The molecule has 0 aliphatic rings. The summed E-state index contributed by atoms with van der Waals surface area (Å²) in [5.41, 5.74) is 10.1. The number of aliphatic hydroxyl groups excluding tert-OH is 1. The van der Waals surface area contributed by atoms with Crippen molar-refractivity contribution >= 4 is 0 Å². The number of aryl methyl sites for hydroxylation is 2.